The van der Waals surface area contributed by atoms with E-state index in [4.69, 9.17) is 0 Å². The van der Waals surface area contributed by atoms with Crippen LogP contribution in [0.3, 0.4) is 0 Å². The SMILES string of the molecule is CCCNS(=O)(=O)NC1CCCCC1. The van der Waals surface area contributed by atoms with Crippen molar-refractivity contribution in [2.75, 3.05) is 6.54 Å². The summed E-state index contributed by atoms with van der Waals surface area (Å²) in [5, 5.41) is 0. The van der Waals surface area contributed by atoms with Crippen LogP contribution >= 0.6 is 0 Å². The molecule has 0 unspecified atom stereocenters. The Labute approximate surface area is 86.6 Å². The smallest absolute Gasteiger partial charge is 0.202 e. The molecule has 4 nitrogen and oxygen atoms in total. The summed E-state index contributed by atoms with van der Waals surface area (Å²) in [6, 6.07) is 0.151. The third kappa shape index (κ3) is 4.39. The summed E-state index contributed by atoms with van der Waals surface area (Å²) < 4.78 is 28.1. The summed E-state index contributed by atoms with van der Waals surface area (Å²) in [6.45, 7) is 2.46. The Morgan fingerprint density at radius 3 is 2.43 bits per heavy atom. The second-order valence-electron chi connectivity index (χ2n) is 3.85. The van der Waals surface area contributed by atoms with Gasteiger partial charge in [0, 0.05) is 12.6 Å². The van der Waals surface area contributed by atoms with Crippen LogP contribution in [0.1, 0.15) is 45.4 Å². The molecule has 0 atom stereocenters. The molecule has 0 aromatic heterocycles. The fraction of sp³-hybridized carbons (Fsp3) is 1.00. The molecular weight excluding hydrogens is 200 g/mol. The van der Waals surface area contributed by atoms with Crippen LogP contribution in [0.5, 0.6) is 0 Å². The van der Waals surface area contributed by atoms with Gasteiger partial charge in [0.1, 0.15) is 0 Å². The molecule has 1 rings (SSSR count). The molecule has 0 amide bonds. The highest BCUT2D eigenvalue weighted by Gasteiger charge is 2.18. The Morgan fingerprint density at radius 1 is 1.21 bits per heavy atom. The first-order chi connectivity index (χ1) is 6.64. The summed E-state index contributed by atoms with van der Waals surface area (Å²) >= 11 is 0. The van der Waals surface area contributed by atoms with Gasteiger partial charge in [-0.1, -0.05) is 26.2 Å². The minimum absolute atomic E-state index is 0.151. The van der Waals surface area contributed by atoms with Gasteiger partial charge in [-0.2, -0.15) is 13.1 Å². The maximum atomic E-state index is 11.4. The van der Waals surface area contributed by atoms with E-state index in [0.717, 1.165) is 32.1 Å². The Balaban J connectivity index is 2.33. The molecule has 84 valence electrons. The van der Waals surface area contributed by atoms with Crippen LogP contribution in [0.25, 0.3) is 0 Å². The minimum Gasteiger partial charge on any atom is -0.202 e. The van der Waals surface area contributed by atoms with E-state index in [9.17, 15) is 8.42 Å². The highest BCUT2D eigenvalue weighted by molar-refractivity contribution is 7.87. The molecule has 0 heterocycles. The third-order valence-corrected chi connectivity index (χ3v) is 3.70. The lowest BCUT2D eigenvalue weighted by Gasteiger charge is -2.22. The Morgan fingerprint density at radius 2 is 1.86 bits per heavy atom. The normalized spacial score (nSPS) is 19.8. The molecule has 0 radical (unpaired) electrons. The molecule has 1 aliphatic carbocycles. The summed E-state index contributed by atoms with van der Waals surface area (Å²) in [7, 11) is -3.24. The summed E-state index contributed by atoms with van der Waals surface area (Å²) in [5.74, 6) is 0. The van der Waals surface area contributed by atoms with E-state index in [1.165, 1.54) is 6.42 Å². The van der Waals surface area contributed by atoms with Crippen LogP contribution in [0.4, 0.5) is 0 Å². The molecule has 1 fully saturated rings. The molecule has 0 bridgehead atoms. The quantitative estimate of drug-likeness (QED) is 0.730. The molecule has 1 aliphatic rings. The fourth-order valence-corrected chi connectivity index (χ4v) is 2.95. The van der Waals surface area contributed by atoms with Gasteiger partial charge in [0.05, 0.1) is 0 Å². The predicted octanol–water partition coefficient (Wildman–Crippen LogP) is 1.15. The van der Waals surface area contributed by atoms with Crippen LogP contribution < -0.4 is 9.44 Å². The van der Waals surface area contributed by atoms with Crippen LogP contribution in [-0.2, 0) is 10.2 Å². The molecule has 0 aromatic carbocycles. The van der Waals surface area contributed by atoms with E-state index in [0.29, 0.717) is 6.54 Å². The first-order valence-electron chi connectivity index (χ1n) is 5.41. The Hall–Kier alpha value is -0.130. The lowest BCUT2D eigenvalue weighted by Crippen LogP contribution is -2.43. The van der Waals surface area contributed by atoms with Gasteiger partial charge < -0.3 is 0 Å². The predicted molar refractivity (Wildman–Crippen MR) is 57.2 cm³/mol. The first kappa shape index (κ1) is 11.9. The molecule has 0 aromatic rings. The van der Waals surface area contributed by atoms with Gasteiger partial charge in [-0.3, -0.25) is 0 Å². The van der Waals surface area contributed by atoms with E-state index in [1.54, 1.807) is 0 Å². The lowest BCUT2D eigenvalue weighted by atomic mass is 9.96. The fourth-order valence-electron chi connectivity index (χ4n) is 1.72. The van der Waals surface area contributed by atoms with Gasteiger partial charge in [0.15, 0.2) is 0 Å². The lowest BCUT2D eigenvalue weighted by molar-refractivity contribution is 0.410. The Bertz CT molecular complexity index is 246. The number of hydrogen-bond donors (Lipinski definition) is 2. The topological polar surface area (TPSA) is 58.2 Å². The molecule has 5 heteroatoms. The van der Waals surface area contributed by atoms with Gasteiger partial charge in [-0.05, 0) is 19.3 Å². The van der Waals surface area contributed by atoms with Gasteiger partial charge in [0.2, 0.25) is 0 Å². The average Bonchev–Trinajstić information content (AvgIpc) is 2.16. The highest BCUT2D eigenvalue weighted by atomic mass is 32.2. The van der Waals surface area contributed by atoms with Gasteiger partial charge >= 0.3 is 0 Å². The van der Waals surface area contributed by atoms with Crippen LogP contribution in [0, 0.1) is 0 Å². The molecular formula is C9H20N2O2S. The van der Waals surface area contributed by atoms with E-state index in [1.807, 2.05) is 6.92 Å². The average molecular weight is 220 g/mol. The van der Waals surface area contributed by atoms with Crippen LogP contribution in [0.15, 0.2) is 0 Å². The van der Waals surface area contributed by atoms with E-state index in [-0.39, 0.29) is 6.04 Å². The zero-order valence-corrected chi connectivity index (χ0v) is 9.57. The van der Waals surface area contributed by atoms with E-state index < -0.39 is 10.2 Å². The zero-order chi connectivity index (χ0) is 10.4. The van der Waals surface area contributed by atoms with E-state index >= 15 is 0 Å². The molecule has 2 N–H and O–H groups in total. The molecule has 1 saturated carbocycles. The van der Waals surface area contributed by atoms with Gasteiger partial charge in [0.25, 0.3) is 10.2 Å². The van der Waals surface area contributed by atoms with Crippen LogP contribution in [0.2, 0.25) is 0 Å². The van der Waals surface area contributed by atoms with Crippen molar-refractivity contribution in [3.63, 3.8) is 0 Å². The maximum Gasteiger partial charge on any atom is 0.277 e. The van der Waals surface area contributed by atoms with Crippen molar-refractivity contribution in [1.29, 1.82) is 0 Å². The molecule has 0 aliphatic heterocycles. The highest BCUT2D eigenvalue weighted by Crippen LogP contribution is 2.17. The van der Waals surface area contributed by atoms with Gasteiger partial charge in [-0.25, -0.2) is 4.72 Å². The zero-order valence-electron chi connectivity index (χ0n) is 8.75. The van der Waals surface area contributed by atoms with Gasteiger partial charge in [-0.15, -0.1) is 0 Å². The number of hydrogen-bond acceptors (Lipinski definition) is 2. The second kappa shape index (κ2) is 5.68. The van der Waals surface area contributed by atoms with Crippen molar-refractivity contribution in [1.82, 2.24) is 9.44 Å². The standard InChI is InChI=1S/C9H20N2O2S/c1-2-8-10-14(12,13)11-9-6-4-3-5-7-9/h9-11H,2-8H2,1H3. The summed E-state index contributed by atoms with van der Waals surface area (Å²) in [4.78, 5) is 0. The number of rotatable bonds is 5. The maximum absolute atomic E-state index is 11.4. The van der Waals surface area contributed by atoms with Crippen molar-refractivity contribution in [3.8, 4) is 0 Å². The van der Waals surface area contributed by atoms with Crippen molar-refractivity contribution in [2.45, 2.75) is 51.5 Å². The first-order valence-corrected chi connectivity index (χ1v) is 6.89. The molecule has 0 spiro atoms. The molecule has 0 saturated heterocycles. The van der Waals surface area contributed by atoms with Crippen molar-refractivity contribution in [2.24, 2.45) is 0 Å². The van der Waals surface area contributed by atoms with E-state index in [2.05, 4.69) is 9.44 Å². The van der Waals surface area contributed by atoms with Crippen LogP contribution in [-0.4, -0.2) is 21.0 Å². The molecule has 14 heavy (non-hydrogen) atoms. The number of nitrogens with one attached hydrogen (secondary N) is 2. The van der Waals surface area contributed by atoms with Crippen molar-refractivity contribution in [3.05, 3.63) is 0 Å². The van der Waals surface area contributed by atoms with Crippen molar-refractivity contribution >= 4 is 10.2 Å². The Kier molecular flexibility index (Phi) is 4.84. The third-order valence-electron chi connectivity index (χ3n) is 2.47. The minimum atomic E-state index is -3.24. The monoisotopic (exact) mass is 220 g/mol. The summed E-state index contributed by atoms with van der Waals surface area (Å²) in [6.07, 6.45) is 6.30. The largest absolute Gasteiger partial charge is 0.277 e. The van der Waals surface area contributed by atoms with Crippen molar-refractivity contribution < 1.29 is 8.42 Å². The summed E-state index contributed by atoms with van der Waals surface area (Å²) in [5.41, 5.74) is 0. The second-order valence-corrected chi connectivity index (χ2v) is 5.38.